The minimum Gasteiger partial charge on any atom is -0.457 e. The molecule has 238 valence electrons. The van der Waals surface area contributed by atoms with Gasteiger partial charge in [-0.25, -0.2) is 17.6 Å². The predicted octanol–water partition coefficient (Wildman–Crippen LogP) is 7.84. The quantitative estimate of drug-likeness (QED) is 0.167. The average molecular weight is 671 g/mol. The van der Waals surface area contributed by atoms with Gasteiger partial charge in [0, 0.05) is 47.6 Å². The molecule has 4 aromatic rings. The molecule has 1 heterocycles. The van der Waals surface area contributed by atoms with Gasteiger partial charge in [-0.15, -0.1) is 24.2 Å². The van der Waals surface area contributed by atoms with E-state index < -0.39 is 10.0 Å². The maximum atomic E-state index is 13.5. The summed E-state index contributed by atoms with van der Waals surface area (Å²) in [5.41, 5.74) is 3.01. The monoisotopic (exact) mass is 670 g/mol. The highest BCUT2D eigenvalue weighted by Crippen LogP contribution is 2.29. The van der Waals surface area contributed by atoms with Crippen molar-refractivity contribution in [1.29, 1.82) is 0 Å². The molecule has 4 aromatic carbocycles. The number of anilines is 3. The Balaban J connectivity index is 0.00000461. The van der Waals surface area contributed by atoms with Gasteiger partial charge in [-0.1, -0.05) is 12.1 Å². The van der Waals surface area contributed by atoms with Gasteiger partial charge in [-0.2, -0.15) is 0 Å². The topological polar surface area (TPSA) is 91.0 Å². The number of nitrogens with one attached hydrogen (secondary N) is 2. The molecule has 0 radical (unpaired) electrons. The summed E-state index contributed by atoms with van der Waals surface area (Å²) in [6, 6.07) is 28.2. The summed E-state index contributed by atoms with van der Waals surface area (Å²) < 4.78 is 44.6. The molecule has 0 bridgehead atoms. The Bertz CT molecular complexity index is 1650. The lowest BCUT2D eigenvalue weighted by atomic mass is 10.0. The highest BCUT2D eigenvalue weighted by Gasteiger charge is 2.29. The standard InChI is InChI=1S/C33H35FN4O4S2.ClH/c1-43-32-17-11-28(12-18-32)38(33(39)35-26-7-5-25(34)6-8-26)29-19-21-37(22-20-29)23-24-3-13-30(14-4-24)42-31-15-9-27(10-16-31)36-44(2,40)41;/h3-18,29,36H,19-23H2,1-2H3,(H,35,39);1H. The lowest BCUT2D eigenvalue weighted by molar-refractivity contribution is 0.199. The van der Waals surface area contributed by atoms with Crippen molar-refractivity contribution in [1.82, 2.24) is 4.90 Å². The summed E-state index contributed by atoms with van der Waals surface area (Å²) in [6.07, 6.45) is 4.75. The van der Waals surface area contributed by atoms with Crippen LogP contribution in [0.5, 0.6) is 11.5 Å². The van der Waals surface area contributed by atoms with Crippen LogP contribution in [0.1, 0.15) is 18.4 Å². The third-order valence-corrected chi connectivity index (χ3v) is 8.66. The molecule has 1 fully saturated rings. The number of amides is 2. The molecule has 1 aliphatic rings. The van der Waals surface area contributed by atoms with Gasteiger partial charge < -0.3 is 10.1 Å². The number of benzene rings is 4. The van der Waals surface area contributed by atoms with E-state index in [1.54, 1.807) is 48.2 Å². The van der Waals surface area contributed by atoms with Crippen LogP contribution < -0.4 is 19.7 Å². The van der Waals surface area contributed by atoms with Crippen molar-refractivity contribution < 1.29 is 22.3 Å². The fourth-order valence-corrected chi connectivity index (χ4v) is 6.12. The van der Waals surface area contributed by atoms with E-state index in [1.165, 1.54) is 12.1 Å². The normalized spacial score (nSPS) is 13.8. The Morgan fingerprint density at radius 1 is 0.889 bits per heavy atom. The van der Waals surface area contributed by atoms with E-state index in [4.69, 9.17) is 4.74 Å². The summed E-state index contributed by atoms with van der Waals surface area (Å²) in [5, 5.41) is 2.94. The van der Waals surface area contributed by atoms with Gasteiger partial charge in [0.1, 0.15) is 17.3 Å². The van der Waals surface area contributed by atoms with E-state index in [1.807, 2.05) is 59.7 Å². The summed E-state index contributed by atoms with van der Waals surface area (Å²) in [4.78, 5) is 18.9. The molecule has 0 aliphatic carbocycles. The zero-order valence-electron chi connectivity index (χ0n) is 25.0. The lowest BCUT2D eigenvalue weighted by Crippen LogP contribution is -2.49. The Labute approximate surface area is 274 Å². The van der Waals surface area contributed by atoms with Crippen molar-refractivity contribution in [2.45, 2.75) is 30.3 Å². The zero-order chi connectivity index (χ0) is 31.1. The van der Waals surface area contributed by atoms with Crippen molar-refractivity contribution in [3.05, 3.63) is 108 Å². The highest BCUT2D eigenvalue weighted by atomic mass is 35.5. The highest BCUT2D eigenvalue weighted by molar-refractivity contribution is 7.98. The number of halogens is 2. The van der Waals surface area contributed by atoms with Crippen LogP contribution in [-0.2, 0) is 16.6 Å². The first kappa shape index (κ1) is 34.1. The molecule has 8 nitrogen and oxygen atoms in total. The van der Waals surface area contributed by atoms with E-state index in [0.717, 1.165) is 54.9 Å². The first-order chi connectivity index (χ1) is 21.1. The molecule has 12 heteroatoms. The second kappa shape index (κ2) is 15.5. The first-order valence-electron chi connectivity index (χ1n) is 14.2. The fraction of sp³-hybridized carbons (Fsp3) is 0.242. The van der Waals surface area contributed by atoms with E-state index in [2.05, 4.69) is 14.9 Å². The number of sulfonamides is 1. The zero-order valence-corrected chi connectivity index (χ0v) is 27.4. The van der Waals surface area contributed by atoms with Crippen molar-refractivity contribution in [2.75, 3.05) is 40.5 Å². The van der Waals surface area contributed by atoms with Crippen LogP contribution in [-0.4, -0.2) is 51.0 Å². The minimum absolute atomic E-state index is 0. The smallest absolute Gasteiger partial charge is 0.326 e. The van der Waals surface area contributed by atoms with E-state index in [-0.39, 0.29) is 30.3 Å². The largest absolute Gasteiger partial charge is 0.457 e. The second-order valence-electron chi connectivity index (χ2n) is 10.7. The number of likely N-dealkylation sites (tertiary alicyclic amines) is 1. The summed E-state index contributed by atoms with van der Waals surface area (Å²) in [6.45, 7) is 2.45. The van der Waals surface area contributed by atoms with Crippen molar-refractivity contribution >= 4 is 57.3 Å². The molecule has 0 saturated carbocycles. The molecule has 2 N–H and O–H groups in total. The van der Waals surface area contributed by atoms with Crippen molar-refractivity contribution in [3.8, 4) is 11.5 Å². The molecule has 45 heavy (non-hydrogen) atoms. The molecular weight excluding hydrogens is 635 g/mol. The summed E-state index contributed by atoms with van der Waals surface area (Å²) in [5.74, 6) is 0.944. The fourth-order valence-electron chi connectivity index (χ4n) is 5.15. The first-order valence-corrected chi connectivity index (χ1v) is 17.3. The molecule has 0 aromatic heterocycles. The van der Waals surface area contributed by atoms with Gasteiger partial charge in [0.05, 0.1) is 6.26 Å². The van der Waals surface area contributed by atoms with Crippen LogP contribution in [0.4, 0.5) is 26.2 Å². The molecule has 0 unspecified atom stereocenters. The van der Waals surface area contributed by atoms with Gasteiger partial charge >= 0.3 is 6.03 Å². The Morgan fingerprint density at radius 2 is 1.44 bits per heavy atom. The van der Waals surface area contributed by atoms with Crippen LogP contribution in [0.25, 0.3) is 0 Å². The Hall–Kier alpha value is -3.77. The number of hydrogen-bond donors (Lipinski definition) is 2. The number of hydrogen-bond acceptors (Lipinski definition) is 6. The Kier molecular flexibility index (Phi) is 11.7. The van der Waals surface area contributed by atoms with E-state index in [0.29, 0.717) is 22.9 Å². The average Bonchev–Trinajstić information content (AvgIpc) is 3.01. The van der Waals surface area contributed by atoms with Gasteiger partial charge in [0.2, 0.25) is 10.0 Å². The van der Waals surface area contributed by atoms with Gasteiger partial charge in [0.15, 0.2) is 0 Å². The summed E-state index contributed by atoms with van der Waals surface area (Å²) in [7, 11) is -3.33. The van der Waals surface area contributed by atoms with Crippen LogP contribution in [0, 0.1) is 5.82 Å². The molecule has 0 atom stereocenters. The van der Waals surface area contributed by atoms with Crippen LogP contribution in [0.15, 0.2) is 102 Å². The third kappa shape index (κ3) is 9.86. The maximum absolute atomic E-state index is 13.5. The molecule has 1 aliphatic heterocycles. The van der Waals surface area contributed by atoms with Crippen LogP contribution in [0.2, 0.25) is 0 Å². The predicted molar refractivity (Wildman–Crippen MR) is 183 cm³/mol. The minimum atomic E-state index is -3.33. The SMILES string of the molecule is CSc1ccc(N(C(=O)Nc2ccc(F)cc2)C2CCN(Cc3ccc(Oc4ccc(NS(C)(=O)=O)cc4)cc3)CC2)cc1.Cl. The molecule has 5 rings (SSSR count). The van der Waals surface area contributed by atoms with Gasteiger partial charge in [-0.05, 0) is 110 Å². The van der Waals surface area contributed by atoms with Gasteiger partial charge in [0.25, 0.3) is 0 Å². The van der Waals surface area contributed by atoms with Gasteiger partial charge in [-0.3, -0.25) is 14.5 Å². The number of rotatable bonds is 10. The maximum Gasteiger partial charge on any atom is 0.326 e. The van der Waals surface area contributed by atoms with Crippen molar-refractivity contribution in [3.63, 3.8) is 0 Å². The number of piperidine rings is 1. The number of carbonyl (C=O) groups is 1. The Morgan fingerprint density at radius 3 is 2.00 bits per heavy atom. The van der Waals surface area contributed by atoms with Crippen molar-refractivity contribution in [2.24, 2.45) is 0 Å². The molecule has 2 amide bonds. The van der Waals surface area contributed by atoms with Crippen LogP contribution in [0.3, 0.4) is 0 Å². The van der Waals surface area contributed by atoms with E-state index >= 15 is 0 Å². The van der Waals surface area contributed by atoms with Crippen LogP contribution >= 0.6 is 24.2 Å². The molecule has 0 spiro atoms. The number of carbonyl (C=O) groups excluding carboxylic acids is 1. The number of urea groups is 1. The number of ether oxygens (including phenoxy) is 1. The third-order valence-electron chi connectivity index (χ3n) is 7.31. The lowest BCUT2D eigenvalue weighted by Gasteiger charge is -2.38. The molecule has 1 saturated heterocycles. The number of nitrogens with zero attached hydrogens (tertiary/aromatic N) is 2. The molecular formula is C33H36ClFN4O4S2. The summed E-state index contributed by atoms with van der Waals surface area (Å²) >= 11 is 1.65. The van der Waals surface area contributed by atoms with E-state index in [9.17, 15) is 17.6 Å². The number of thioether (sulfide) groups is 1. The second-order valence-corrected chi connectivity index (χ2v) is 13.3.